The van der Waals surface area contributed by atoms with Gasteiger partial charge in [0, 0.05) is 23.0 Å². The molecule has 1 aromatic carbocycles. The number of carbonyl (C=O) groups excluding carboxylic acids is 1. The summed E-state index contributed by atoms with van der Waals surface area (Å²) in [6.45, 7) is 0.765. The molecule has 4 rings (SSSR count). The second-order valence-electron chi connectivity index (χ2n) is 5.27. The number of esters is 1. The van der Waals surface area contributed by atoms with E-state index in [4.69, 9.17) is 16.3 Å². The Hall–Kier alpha value is -2.20. The molecule has 1 aliphatic rings. The Morgan fingerprint density at radius 2 is 2.10 bits per heavy atom. The van der Waals surface area contributed by atoms with Gasteiger partial charge in [-0.25, -0.2) is 4.79 Å². The zero-order valence-electron chi connectivity index (χ0n) is 11.7. The number of methoxy groups -OCH3 is 1. The number of hydrogen-bond acceptors (Lipinski definition) is 2. The van der Waals surface area contributed by atoms with Gasteiger partial charge in [0.15, 0.2) is 0 Å². The SMILES string of the molecule is COC(=O)c1cc2c(n1C)-c1cc3cc(Cl)ccc3n1C2. The van der Waals surface area contributed by atoms with E-state index in [1.54, 1.807) is 0 Å². The van der Waals surface area contributed by atoms with Crippen LogP contribution in [0.2, 0.25) is 5.02 Å². The summed E-state index contributed by atoms with van der Waals surface area (Å²) in [5, 5.41) is 1.85. The van der Waals surface area contributed by atoms with E-state index >= 15 is 0 Å². The molecule has 1 aliphatic heterocycles. The fourth-order valence-electron chi connectivity index (χ4n) is 3.20. The van der Waals surface area contributed by atoms with E-state index in [1.165, 1.54) is 7.11 Å². The quantitative estimate of drug-likeness (QED) is 0.505. The predicted molar refractivity (Wildman–Crippen MR) is 81.8 cm³/mol. The number of rotatable bonds is 1. The number of ether oxygens (including phenoxy) is 1. The lowest BCUT2D eigenvalue weighted by atomic mass is 10.2. The number of nitrogens with zero attached hydrogens (tertiary/aromatic N) is 2. The van der Waals surface area contributed by atoms with Crippen LogP contribution in [-0.4, -0.2) is 22.2 Å². The highest BCUT2D eigenvalue weighted by Crippen LogP contribution is 2.39. The van der Waals surface area contributed by atoms with Crippen molar-refractivity contribution >= 4 is 28.5 Å². The molecule has 21 heavy (non-hydrogen) atoms. The Labute approximate surface area is 126 Å². The number of benzene rings is 1. The highest BCUT2D eigenvalue weighted by Gasteiger charge is 2.27. The fraction of sp³-hybridized carbons (Fsp3) is 0.188. The Morgan fingerprint density at radius 1 is 1.29 bits per heavy atom. The molecular weight excluding hydrogens is 288 g/mol. The maximum Gasteiger partial charge on any atom is 0.354 e. The van der Waals surface area contributed by atoms with Crippen molar-refractivity contribution in [2.45, 2.75) is 6.54 Å². The van der Waals surface area contributed by atoms with Crippen LogP contribution in [0.3, 0.4) is 0 Å². The van der Waals surface area contributed by atoms with Crippen molar-refractivity contribution in [3.05, 3.63) is 46.6 Å². The monoisotopic (exact) mass is 300 g/mol. The van der Waals surface area contributed by atoms with Crippen LogP contribution >= 0.6 is 11.6 Å². The summed E-state index contributed by atoms with van der Waals surface area (Å²) in [7, 11) is 3.30. The second kappa shape index (κ2) is 4.15. The Balaban J connectivity index is 1.96. The molecule has 0 fully saturated rings. The molecule has 0 amide bonds. The van der Waals surface area contributed by atoms with Crippen LogP contribution in [0.25, 0.3) is 22.3 Å². The van der Waals surface area contributed by atoms with E-state index in [-0.39, 0.29) is 5.97 Å². The van der Waals surface area contributed by atoms with Gasteiger partial charge in [0.25, 0.3) is 0 Å². The average molecular weight is 301 g/mol. The zero-order chi connectivity index (χ0) is 14.7. The Morgan fingerprint density at radius 3 is 2.86 bits per heavy atom. The van der Waals surface area contributed by atoms with Crippen molar-refractivity contribution in [3.63, 3.8) is 0 Å². The summed E-state index contributed by atoms with van der Waals surface area (Å²) in [5.41, 5.74) is 5.06. The summed E-state index contributed by atoms with van der Waals surface area (Å²) in [6, 6.07) is 9.93. The van der Waals surface area contributed by atoms with E-state index in [0.29, 0.717) is 5.69 Å². The van der Waals surface area contributed by atoms with E-state index in [0.717, 1.165) is 39.4 Å². The summed E-state index contributed by atoms with van der Waals surface area (Å²) in [6.07, 6.45) is 0. The molecule has 5 heteroatoms. The standard InChI is InChI=1S/C16H13ClN2O2/c1-18-14(16(20)21-2)7-10-8-19-12-4-3-11(17)5-9(12)6-13(19)15(10)18/h3-7H,8H2,1-2H3. The van der Waals surface area contributed by atoms with Crippen LogP contribution in [0.1, 0.15) is 16.1 Å². The largest absolute Gasteiger partial charge is 0.464 e. The van der Waals surface area contributed by atoms with Gasteiger partial charge in [-0.05, 0) is 35.9 Å². The van der Waals surface area contributed by atoms with Gasteiger partial charge >= 0.3 is 5.97 Å². The van der Waals surface area contributed by atoms with Gasteiger partial charge in [0.1, 0.15) is 5.69 Å². The van der Waals surface area contributed by atoms with Crippen LogP contribution in [0.15, 0.2) is 30.3 Å². The molecule has 2 aromatic heterocycles. The van der Waals surface area contributed by atoms with Crippen LogP contribution in [0, 0.1) is 0 Å². The number of fused-ring (bicyclic) bond motifs is 5. The third-order valence-corrected chi connectivity index (χ3v) is 4.38. The summed E-state index contributed by atoms with van der Waals surface area (Å²) < 4.78 is 8.98. The van der Waals surface area contributed by atoms with E-state index in [2.05, 4.69) is 10.6 Å². The molecule has 0 spiro atoms. The second-order valence-corrected chi connectivity index (χ2v) is 5.71. The molecule has 0 atom stereocenters. The topological polar surface area (TPSA) is 36.2 Å². The smallest absolute Gasteiger partial charge is 0.354 e. The third-order valence-electron chi connectivity index (χ3n) is 4.14. The van der Waals surface area contributed by atoms with Crippen molar-refractivity contribution in [1.29, 1.82) is 0 Å². The Kier molecular flexibility index (Phi) is 2.48. The first-order chi connectivity index (χ1) is 10.1. The molecule has 4 nitrogen and oxygen atoms in total. The van der Waals surface area contributed by atoms with Crippen LogP contribution in [0.4, 0.5) is 0 Å². The lowest BCUT2D eigenvalue weighted by Crippen LogP contribution is -2.08. The number of halogens is 1. The van der Waals surface area contributed by atoms with Crippen molar-refractivity contribution in [3.8, 4) is 11.4 Å². The van der Waals surface area contributed by atoms with Gasteiger partial charge in [-0.3, -0.25) is 0 Å². The van der Waals surface area contributed by atoms with Crippen molar-refractivity contribution < 1.29 is 9.53 Å². The van der Waals surface area contributed by atoms with Crippen molar-refractivity contribution in [2.75, 3.05) is 7.11 Å². The van der Waals surface area contributed by atoms with Gasteiger partial charge in [0.2, 0.25) is 0 Å². The summed E-state index contributed by atoms with van der Waals surface area (Å²) in [4.78, 5) is 11.8. The minimum absolute atomic E-state index is 0.308. The van der Waals surface area contributed by atoms with Gasteiger partial charge in [-0.2, -0.15) is 0 Å². The van der Waals surface area contributed by atoms with Crippen LogP contribution < -0.4 is 0 Å². The molecule has 3 heterocycles. The average Bonchev–Trinajstić information content (AvgIpc) is 3.07. The molecule has 0 aliphatic carbocycles. The summed E-state index contributed by atoms with van der Waals surface area (Å²) in [5.74, 6) is -0.308. The summed E-state index contributed by atoms with van der Waals surface area (Å²) >= 11 is 6.06. The fourth-order valence-corrected chi connectivity index (χ4v) is 3.38. The van der Waals surface area contributed by atoms with E-state index in [9.17, 15) is 4.79 Å². The molecular formula is C16H13ClN2O2. The van der Waals surface area contributed by atoms with Crippen molar-refractivity contribution in [1.82, 2.24) is 9.13 Å². The molecule has 0 unspecified atom stereocenters. The highest BCUT2D eigenvalue weighted by atomic mass is 35.5. The molecule has 106 valence electrons. The molecule has 0 N–H and O–H groups in total. The van der Waals surface area contributed by atoms with Crippen molar-refractivity contribution in [2.24, 2.45) is 7.05 Å². The van der Waals surface area contributed by atoms with Gasteiger partial charge in [-0.15, -0.1) is 0 Å². The van der Waals surface area contributed by atoms with Gasteiger partial charge < -0.3 is 13.9 Å². The third kappa shape index (κ3) is 1.59. The van der Waals surface area contributed by atoms with E-state index in [1.807, 2.05) is 35.9 Å². The molecule has 0 saturated heterocycles. The van der Waals surface area contributed by atoms with Crippen LogP contribution in [-0.2, 0) is 18.3 Å². The lowest BCUT2D eigenvalue weighted by Gasteiger charge is -2.05. The minimum atomic E-state index is -0.308. The highest BCUT2D eigenvalue weighted by molar-refractivity contribution is 6.31. The normalized spacial score (nSPS) is 12.5. The van der Waals surface area contributed by atoms with Gasteiger partial charge in [-0.1, -0.05) is 11.6 Å². The first-order valence-electron chi connectivity index (χ1n) is 6.66. The van der Waals surface area contributed by atoms with E-state index < -0.39 is 0 Å². The first-order valence-corrected chi connectivity index (χ1v) is 7.04. The number of carbonyl (C=O) groups is 1. The molecule has 0 saturated carbocycles. The number of aromatic nitrogens is 2. The molecule has 3 aromatic rings. The first kappa shape index (κ1) is 12.5. The lowest BCUT2D eigenvalue weighted by molar-refractivity contribution is 0.0590. The molecule has 0 bridgehead atoms. The molecule has 0 radical (unpaired) electrons. The zero-order valence-corrected chi connectivity index (χ0v) is 12.4. The van der Waals surface area contributed by atoms with Crippen LogP contribution in [0.5, 0.6) is 0 Å². The van der Waals surface area contributed by atoms with Gasteiger partial charge in [0.05, 0.1) is 25.0 Å². The Bertz CT molecular complexity index is 905. The maximum atomic E-state index is 11.8. The number of hydrogen-bond donors (Lipinski definition) is 0. The predicted octanol–water partition coefficient (Wildman–Crippen LogP) is 3.45. The minimum Gasteiger partial charge on any atom is -0.464 e. The maximum absolute atomic E-state index is 11.8.